The smallest absolute Gasteiger partial charge is 0.242 e. The van der Waals surface area contributed by atoms with Crippen LogP contribution in [0.2, 0.25) is 0 Å². The number of Topliss-reactive ketones (excluding diaryl/α,β-unsaturated/α-hetero) is 1. The summed E-state index contributed by atoms with van der Waals surface area (Å²) >= 11 is 0. The number of pyridine rings is 1. The number of amides is 1. The van der Waals surface area contributed by atoms with Gasteiger partial charge < -0.3 is 20.5 Å². The molecule has 4 rings (SSSR count). The minimum absolute atomic E-state index is 0.0349. The van der Waals surface area contributed by atoms with Gasteiger partial charge in [0.15, 0.2) is 5.78 Å². The Kier molecular flexibility index (Phi) is 6.23. The maximum atomic E-state index is 14.2. The van der Waals surface area contributed by atoms with Gasteiger partial charge >= 0.3 is 0 Å². The molecule has 2 aromatic heterocycles. The Morgan fingerprint density at radius 2 is 2.09 bits per heavy atom. The van der Waals surface area contributed by atoms with Crippen molar-refractivity contribution >= 4 is 28.5 Å². The van der Waals surface area contributed by atoms with Crippen LogP contribution >= 0.6 is 0 Å². The second-order valence-corrected chi connectivity index (χ2v) is 8.40. The molecule has 1 unspecified atom stereocenters. The van der Waals surface area contributed by atoms with E-state index < -0.39 is 0 Å². The number of nitrogens with one attached hydrogen (secondary N) is 1. The highest BCUT2D eigenvalue weighted by molar-refractivity contribution is 6.06. The summed E-state index contributed by atoms with van der Waals surface area (Å²) in [6.07, 6.45) is 3.50. The number of carbonyl (C=O) groups is 2. The number of benzene rings is 1. The molecule has 1 aliphatic heterocycles. The number of ketones is 1. The Morgan fingerprint density at radius 1 is 1.28 bits per heavy atom. The van der Waals surface area contributed by atoms with Gasteiger partial charge in [0.25, 0.3) is 0 Å². The zero-order chi connectivity index (χ0) is 22.8. The summed E-state index contributed by atoms with van der Waals surface area (Å²) in [5.74, 6) is 0.0320. The van der Waals surface area contributed by atoms with Crippen LogP contribution in [-0.2, 0) is 17.9 Å². The topological polar surface area (TPSA) is 93.2 Å². The second-order valence-electron chi connectivity index (χ2n) is 8.40. The Bertz CT molecular complexity index is 1170. The highest BCUT2D eigenvalue weighted by Gasteiger charge is 2.29. The molecule has 0 radical (unpaired) electrons. The van der Waals surface area contributed by atoms with Gasteiger partial charge in [0, 0.05) is 48.4 Å². The molecule has 168 valence electrons. The summed E-state index contributed by atoms with van der Waals surface area (Å²) in [6, 6.07) is 8.83. The summed E-state index contributed by atoms with van der Waals surface area (Å²) in [6.45, 7) is 5.02. The van der Waals surface area contributed by atoms with E-state index in [0.717, 1.165) is 12.8 Å². The number of nitrogens with zero attached hydrogens (tertiary/aromatic N) is 3. The molecule has 0 spiro atoms. The van der Waals surface area contributed by atoms with E-state index in [-0.39, 0.29) is 30.1 Å². The van der Waals surface area contributed by atoms with Gasteiger partial charge in [0.1, 0.15) is 23.8 Å². The largest absolute Gasteiger partial charge is 0.384 e. The molecule has 32 heavy (non-hydrogen) atoms. The van der Waals surface area contributed by atoms with Crippen molar-refractivity contribution in [2.75, 3.05) is 18.8 Å². The Balaban J connectivity index is 1.44. The Labute approximate surface area is 186 Å². The molecule has 0 aliphatic carbocycles. The quantitative estimate of drug-likeness (QED) is 0.554. The van der Waals surface area contributed by atoms with Gasteiger partial charge in [-0.15, -0.1) is 0 Å². The minimum Gasteiger partial charge on any atom is -0.384 e. The van der Waals surface area contributed by atoms with E-state index in [1.165, 1.54) is 6.92 Å². The number of anilines is 1. The van der Waals surface area contributed by atoms with Crippen molar-refractivity contribution in [2.24, 2.45) is 0 Å². The molecule has 3 N–H and O–H groups in total. The first-order valence-corrected chi connectivity index (χ1v) is 10.9. The van der Waals surface area contributed by atoms with Gasteiger partial charge in [-0.1, -0.05) is 18.2 Å². The third-order valence-electron chi connectivity index (χ3n) is 6.09. The molecule has 8 heteroatoms. The lowest BCUT2D eigenvalue weighted by Crippen LogP contribution is -2.43. The number of likely N-dealkylation sites (tertiary alicyclic amines) is 1. The van der Waals surface area contributed by atoms with Crippen molar-refractivity contribution in [1.29, 1.82) is 0 Å². The fourth-order valence-electron chi connectivity index (χ4n) is 4.41. The van der Waals surface area contributed by atoms with E-state index >= 15 is 0 Å². The molecule has 1 fully saturated rings. The fraction of sp³-hybridized carbons (Fsp3) is 0.375. The fourth-order valence-corrected chi connectivity index (χ4v) is 4.41. The van der Waals surface area contributed by atoms with Crippen molar-refractivity contribution in [1.82, 2.24) is 19.8 Å². The maximum absolute atomic E-state index is 14.2. The normalized spacial score (nSPS) is 16.1. The zero-order valence-electron chi connectivity index (χ0n) is 18.4. The summed E-state index contributed by atoms with van der Waals surface area (Å²) in [4.78, 5) is 31.4. The van der Waals surface area contributed by atoms with Gasteiger partial charge in [-0.2, -0.15) is 0 Å². The zero-order valence-corrected chi connectivity index (χ0v) is 18.4. The van der Waals surface area contributed by atoms with Gasteiger partial charge in [-0.05, 0) is 44.4 Å². The van der Waals surface area contributed by atoms with Crippen LogP contribution in [-0.4, -0.2) is 45.3 Å². The van der Waals surface area contributed by atoms with Crippen molar-refractivity contribution in [3.05, 3.63) is 59.0 Å². The molecule has 1 amide bonds. The Hall–Kier alpha value is -3.26. The van der Waals surface area contributed by atoms with Crippen LogP contribution in [0.3, 0.4) is 0 Å². The minimum atomic E-state index is -0.188. The number of aryl methyl sites for hydroxylation is 1. The number of fused-ring (bicyclic) bond motifs is 1. The first kappa shape index (κ1) is 22.0. The van der Waals surface area contributed by atoms with E-state index in [1.54, 1.807) is 42.0 Å². The molecule has 0 bridgehead atoms. The van der Waals surface area contributed by atoms with Crippen LogP contribution in [0, 0.1) is 12.7 Å². The average molecular weight is 438 g/mol. The van der Waals surface area contributed by atoms with E-state index in [9.17, 15) is 14.0 Å². The molecule has 1 aliphatic rings. The third kappa shape index (κ3) is 4.36. The van der Waals surface area contributed by atoms with E-state index in [4.69, 9.17) is 5.73 Å². The van der Waals surface area contributed by atoms with Gasteiger partial charge in [-0.3, -0.25) is 9.59 Å². The van der Waals surface area contributed by atoms with Crippen LogP contribution in [0.4, 0.5) is 10.2 Å². The molecule has 3 heterocycles. The van der Waals surface area contributed by atoms with Crippen LogP contribution in [0.25, 0.3) is 11.0 Å². The predicted octanol–water partition coefficient (Wildman–Crippen LogP) is 3.05. The molecule has 0 saturated carbocycles. The lowest BCUT2D eigenvalue weighted by Gasteiger charge is -2.25. The van der Waals surface area contributed by atoms with Crippen LogP contribution in [0.1, 0.15) is 41.3 Å². The summed E-state index contributed by atoms with van der Waals surface area (Å²) < 4.78 is 15.9. The van der Waals surface area contributed by atoms with Crippen molar-refractivity contribution in [2.45, 2.75) is 45.8 Å². The molecule has 7 nitrogen and oxygen atoms in total. The number of hydrogen-bond acceptors (Lipinski definition) is 5. The number of hydrogen-bond donors (Lipinski definition) is 2. The van der Waals surface area contributed by atoms with E-state index in [0.29, 0.717) is 53.2 Å². The molecule has 3 aromatic rings. The van der Waals surface area contributed by atoms with Crippen LogP contribution in [0.15, 0.2) is 36.5 Å². The maximum Gasteiger partial charge on any atom is 0.242 e. The number of carbonyl (C=O) groups excluding carboxylic acids is 2. The van der Waals surface area contributed by atoms with Crippen molar-refractivity contribution in [3.63, 3.8) is 0 Å². The first-order chi connectivity index (χ1) is 15.3. The van der Waals surface area contributed by atoms with Crippen LogP contribution < -0.4 is 11.1 Å². The third-order valence-corrected chi connectivity index (χ3v) is 6.09. The summed E-state index contributed by atoms with van der Waals surface area (Å²) in [7, 11) is 0. The van der Waals surface area contributed by atoms with E-state index in [1.807, 2.05) is 11.0 Å². The number of halogens is 1. The molecule has 1 aromatic carbocycles. The number of nitrogen functional groups attached to an aromatic ring is 1. The lowest BCUT2D eigenvalue weighted by atomic mass is 10.1. The molecule has 1 atom stereocenters. The van der Waals surface area contributed by atoms with Crippen molar-refractivity contribution in [3.8, 4) is 0 Å². The van der Waals surface area contributed by atoms with Gasteiger partial charge in [0.2, 0.25) is 5.91 Å². The summed E-state index contributed by atoms with van der Waals surface area (Å²) in [5, 5.41) is 4.00. The SMILES string of the molecule is CC(=O)c1cn(CC(=O)N2CCCC2CNCc2cccc(C)c2F)c2nc(N)ccc12. The van der Waals surface area contributed by atoms with E-state index in [2.05, 4.69) is 10.3 Å². The standard InChI is InChI=1S/C24H28FN5O2/c1-15-5-3-6-17(23(15)25)11-27-12-18-7-4-10-30(18)22(32)14-29-13-20(16(2)31)19-8-9-21(26)28-24(19)29/h3,5-6,8-9,13,18,27H,4,7,10-12,14H2,1-2H3,(H2,26,28). The molecule has 1 saturated heterocycles. The van der Waals surface area contributed by atoms with Crippen molar-refractivity contribution < 1.29 is 14.0 Å². The highest BCUT2D eigenvalue weighted by Crippen LogP contribution is 2.23. The lowest BCUT2D eigenvalue weighted by molar-refractivity contribution is -0.132. The molecular weight excluding hydrogens is 409 g/mol. The number of aromatic nitrogens is 2. The first-order valence-electron chi connectivity index (χ1n) is 10.9. The summed E-state index contributed by atoms with van der Waals surface area (Å²) in [5.41, 5.74) is 8.15. The Morgan fingerprint density at radius 3 is 2.88 bits per heavy atom. The monoisotopic (exact) mass is 437 g/mol. The highest BCUT2D eigenvalue weighted by atomic mass is 19.1. The van der Waals surface area contributed by atoms with Gasteiger partial charge in [0.05, 0.1) is 0 Å². The number of rotatable bonds is 7. The molecular formula is C24H28FN5O2. The van der Waals surface area contributed by atoms with Gasteiger partial charge in [-0.25, -0.2) is 9.37 Å². The van der Waals surface area contributed by atoms with Crippen LogP contribution in [0.5, 0.6) is 0 Å². The number of nitrogens with two attached hydrogens (primary N) is 1. The second kappa shape index (κ2) is 9.08. The predicted molar refractivity (Wildman–Crippen MR) is 122 cm³/mol. The average Bonchev–Trinajstić information content (AvgIpc) is 3.36.